The van der Waals surface area contributed by atoms with Crippen molar-refractivity contribution in [3.63, 3.8) is 0 Å². The molecule has 3 aliphatic rings. The first-order chi connectivity index (χ1) is 13.1. The van der Waals surface area contributed by atoms with Crippen LogP contribution in [-0.2, 0) is 6.42 Å². The largest absolute Gasteiger partial charge is 0.487 e. The highest BCUT2D eigenvalue weighted by Crippen LogP contribution is 2.39. The highest BCUT2D eigenvalue weighted by molar-refractivity contribution is 5.95. The molecule has 2 aliphatic heterocycles. The molecule has 4 rings (SSSR count). The maximum Gasteiger partial charge on any atom is 0.251 e. The van der Waals surface area contributed by atoms with E-state index in [4.69, 9.17) is 4.74 Å². The van der Waals surface area contributed by atoms with Crippen molar-refractivity contribution in [2.24, 2.45) is 0 Å². The molecule has 1 saturated carbocycles. The lowest BCUT2D eigenvalue weighted by Crippen LogP contribution is -2.50. The first-order valence-corrected chi connectivity index (χ1v) is 10.5. The number of aliphatic hydroxyl groups is 1. The number of carbonyl (C=O) groups excluding carboxylic acids is 1. The Morgan fingerprint density at radius 2 is 1.93 bits per heavy atom. The normalized spacial score (nSPS) is 23.6. The van der Waals surface area contributed by atoms with Crippen molar-refractivity contribution in [3.05, 3.63) is 29.3 Å². The van der Waals surface area contributed by atoms with Crippen molar-refractivity contribution in [2.45, 2.75) is 69.4 Å². The number of hydrogen-bond donors (Lipinski definition) is 2. The number of nitrogens with one attached hydrogen (secondary N) is 1. The van der Waals surface area contributed by atoms with Gasteiger partial charge in [0.2, 0.25) is 0 Å². The average Bonchev–Trinajstić information content (AvgIpc) is 3.17. The van der Waals surface area contributed by atoms with E-state index in [2.05, 4.69) is 17.1 Å². The van der Waals surface area contributed by atoms with Crippen LogP contribution in [0.5, 0.6) is 5.75 Å². The van der Waals surface area contributed by atoms with Crippen molar-refractivity contribution in [1.82, 2.24) is 10.2 Å². The minimum atomic E-state index is -0.430. The molecule has 5 nitrogen and oxygen atoms in total. The van der Waals surface area contributed by atoms with Gasteiger partial charge in [-0.15, -0.1) is 0 Å². The third-order valence-electron chi connectivity index (χ3n) is 6.96. The Morgan fingerprint density at radius 3 is 2.59 bits per heavy atom. The molecule has 2 N–H and O–H groups in total. The summed E-state index contributed by atoms with van der Waals surface area (Å²) in [6.45, 7) is 5.56. The van der Waals surface area contributed by atoms with Crippen LogP contribution in [0.25, 0.3) is 0 Å². The lowest BCUT2D eigenvalue weighted by atomic mass is 9.83. The van der Waals surface area contributed by atoms with E-state index in [-0.39, 0.29) is 18.1 Å². The van der Waals surface area contributed by atoms with Gasteiger partial charge in [0.1, 0.15) is 11.4 Å². The molecule has 5 heteroatoms. The predicted octanol–water partition coefficient (Wildman–Crippen LogP) is 2.90. The molecule has 2 fully saturated rings. The first-order valence-electron chi connectivity index (χ1n) is 10.5. The topological polar surface area (TPSA) is 61.8 Å². The van der Waals surface area contributed by atoms with E-state index in [0.717, 1.165) is 82.3 Å². The zero-order valence-electron chi connectivity index (χ0n) is 16.4. The molecule has 1 amide bonds. The maximum absolute atomic E-state index is 12.7. The molecular weight excluding hydrogens is 340 g/mol. The second-order valence-corrected chi connectivity index (χ2v) is 8.64. The molecule has 0 radical (unpaired) electrons. The molecule has 148 valence electrons. The van der Waals surface area contributed by atoms with Crippen LogP contribution in [0.1, 0.15) is 67.8 Å². The molecular formula is C22H32N2O3. The van der Waals surface area contributed by atoms with Crippen molar-refractivity contribution in [3.8, 4) is 5.75 Å². The van der Waals surface area contributed by atoms with Gasteiger partial charge >= 0.3 is 0 Å². The lowest BCUT2D eigenvalue weighted by Gasteiger charge is -2.44. The summed E-state index contributed by atoms with van der Waals surface area (Å²) in [6, 6.07) is 5.82. The number of likely N-dealkylation sites (tertiary alicyclic amines) is 1. The van der Waals surface area contributed by atoms with Crippen LogP contribution < -0.4 is 10.1 Å². The number of amides is 1. The molecule has 0 atom stereocenters. The van der Waals surface area contributed by atoms with E-state index < -0.39 is 5.54 Å². The zero-order chi connectivity index (χ0) is 18.9. The Kier molecular flexibility index (Phi) is 5.17. The van der Waals surface area contributed by atoms with Crippen LogP contribution >= 0.6 is 0 Å². The van der Waals surface area contributed by atoms with Crippen molar-refractivity contribution < 1.29 is 14.6 Å². The van der Waals surface area contributed by atoms with Crippen LogP contribution in [0.4, 0.5) is 0 Å². The number of rotatable bonds is 4. The molecule has 1 spiro atoms. The fraction of sp³-hybridized carbons (Fsp3) is 0.682. The highest BCUT2D eigenvalue weighted by atomic mass is 16.5. The summed E-state index contributed by atoms with van der Waals surface area (Å²) in [4.78, 5) is 15.2. The summed E-state index contributed by atoms with van der Waals surface area (Å²) in [5.41, 5.74) is 1.36. The lowest BCUT2D eigenvalue weighted by molar-refractivity contribution is -0.0132. The summed E-state index contributed by atoms with van der Waals surface area (Å²) in [5, 5.41) is 12.8. The third-order valence-corrected chi connectivity index (χ3v) is 6.96. The standard InChI is InChI=1S/C22H32N2O3/c1-2-24-13-11-22(12-14-24)10-7-17-15-18(5-6-19(17)27-22)20(26)23-21(16-25)8-3-4-9-21/h5-6,15,25H,2-4,7-14,16H2,1H3,(H,23,26). The quantitative estimate of drug-likeness (QED) is 0.853. The summed E-state index contributed by atoms with van der Waals surface area (Å²) in [7, 11) is 0. The second-order valence-electron chi connectivity index (χ2n) is 8.64. The summed E-state index contributed by atoms with van der Waals surface area (Å²) in [5.74, 6) is 0.866. The van der Waals surface area contributed by atoms with Gasteiger partial charge in [0.15, 0.2) is 0 Å². The Balaban J connectivity index is 1.45. The number of aryl methyl sites for hydroxylation is 1. The number of ether oxygens (including phenoxy) is 1. The Labute approximate surface area is 162 Å². The van der Waals surface area contributed by atoms with Gasteiger partial charge in [-0.1, -0.05) is 19.8 Å². The molecule has 0 unspecified atom stereocenters. The fourth-order valence-electron chi connectivity index (χ4n) is 4.98. The van der Waals surface area contributed by atoms with Gasteiger partial charge < -0.3 is 20.1 Å². The summed E-state index contributed by atoms with van der Waals surface area (Å²) >= 11 is 0. The van der Waals surface area contributed by atoms with Crippen molar-refractivity contribution in [1.29, 1.82) is 0 Å². The van der Waals surface area contributed by atoms with Gasteiger partial charge in [-0.3, -0.25) is 4.79 Å². The van der Waals surface area contributed by atoms with E-state index in [1.165, 1.54) is 0 Å². The zero-order valence-corrected chi connectivity index (χ0v) is 16.4. The van der Waals surface area contributed by atoms with Crippen molar-refractivity contribution in [2.75, 3.05) is 26.2 Å². The fourth-order valence-corrected chi connectivity index (χ4v) is 4.98. The molecule has 1 aromatic rings. The van der Waals surface area contributed by atoms with Gasteiger partial charge in [0.05, 0.1) is 12.1 Å². The number of aliphatic hydroxyl groups excluding tert-OH is 1. The van der Waals surface area contributed by atoms with Gasteiger partial charge in [0.25, 0.3) is 5.91 Å². The Bertz CT molecular complexity index is 689. The number of piperidine rings is 1. The van der Waals surface area contributed by atoms with E-state index in [1.54, 1.807) is 0 Å². The number of nitrogens with zero attached hydrogens (tertiary/aromatic N) is 1. The molecule has 2 heterocycles. The van der Waals surface area contributed by atoms with Crippen LogP contribution in [-0.4, -0.2) is 53.3 Å². The SMILES string of the molecule is CCN1CCC2(CCc3cc(C(=O)NC4(CO)CCCC4)ccc3O2)CC1. The molecule has 27 heavy (non-hydrogen) atoms. The van der Waals surface area contributed by atoms with Gasteiger partial charge in [0, 0.05) is 18.7 Å². The van der Waals surface area contributed by atoms with Crippen LogP contribution in [0, 0.1) is 0 Å². The number of fused-ring (bicyclic) bond motifs is 1. The van der Waals surface area contributed by atoms with Gasteiger partial charge in [-0.2, -0.15) is 0 Å². The Hall–Kier alpha value is -1.59. The maximum atomic E-state index is 12.7. The van der Waals surface area contributed by atoms with Crippen LogP contribution in [0.3, 0.4) is 0 Å². The van der Waals surface area contributed by atoms with E-state index in [0.29, 0.717) is 5.56 Å². The Morgan fingerprint density at radius 1 is 1.19 bits per heavy atom. The number of benzene rings is 1. The smallest absolute Gasteiger partial charge is 0.251 e. The molecule has 0 bridgehead atoms. The van der Waals surface area contributed by atoms with E-state index >= 15 is 0 Å². The average molecular weight is 373 g/mol. The first kappa shape index (κ1) is 18.8. The number of carbonyl (C=O) groups is 1. The monoisotopic (exact) mass is 372 g/mol. The van der Waals surface area contributed by atoms with E-state index in [9.17, 15) is 9.90 Å². The second kappa shape index (κ2) is 7.44. The van der Waals surface area contributed by atoms with Crippen LogP contribution in [0.15, 0.2) is 18.2 Å². The van der Waals surface area contributed by atoms with Gasteiger partial charge in [-0.05, 0) is 68.8 Å². The molecule has 1 aromatic carbocycles. The minimum Gasteiger partial charge on any atom is -0.487 e. The molecule has 0 aromatic heterocycles. The summed E-state index contributed by atoms with van der Waals surface area (Å²) in [6.07, 6.45) is 8.02. The van der Waals surface area contributed by atoms with Crippen molar-refractivity contribution >= 4 is 5.91 Å². The summed E-state index contributed by atoms with van der Waals surface area (Å²) < 4.78 is 6.46. The molecule has 1 aliphatic carbocycles. The van der Waals surface area contributed by atoms with Gasteiger partial charge in [-0.25, -0.2) is 0 Å². The highest BCUT2D eigenvalue weighted by Gasteiger charge is 2.39. The van der Waals surface area contributed by atoms with Crippen LogP contribution in [0.2, 0.25) is 0 Å². The predicted molar refractivity (Wildman–Crippen MR) is 105 cm³/mol. The minimum absolute atomic E-state index is 0.0179. The van der Waals surface area contributed by atoms with E-state index in [1.807, 2.05) is 18.2 Å². The third kappa shape index (κ3) is 3.72. The molecule has 1 saturated heterocycles. The number of hydrogen-bond acceptors (Lipinski definition) is 4.